The van der Waals surface area contributed by atoms with Gasteiger partial charge in [0.25, 0.3) is 0 Å². The van der Waals surface area contributed by atoms with Crippen molar-refractivity contribution in [2.45, 2.75) is 20.0 Å². The zero-order chi connectivity index (χ0) is 13.0. The van der Waals surface area contributed by atoms with E-state index in [-0.39, 0.29) is 13.2 Å². The molecule has 1 N–H and O–H groups in total. The van der Waals surface area contributed by atoms with E-state index in [1.165, 1.54) is 13.8 Å². The predicted molar refractivity (Wildman–Crippen MR) is 49.7 cm³/mol. The molecule has 0 rings (SSSR count). The van der Waals surface area contributed by atoms with Crippen LogP contribution in [-0.4, -0.2) is 29.4 Å². The SMILES string of the molecule is C=C(N(O)P(=O)(OCC)OCC)C(F)(F)F. The number of nitrogens with zero attached hydrogens (tertiary/aromatic N) is 1. The first kappa shape index (κ1) is 15.4. The lowest BCUT2D eigenvalue weighted by molar-refractivity contribution is -0.142. The van der Waals surface area contributed by atoms with Crippen LogP contribution in [0.3, 0.4) is 0 Å². The molecule has 5 nitrogen and oxygen atoms in total. The first-order valence-electron chi connectivity index (χ1n) is 4.33. The van der Waals surface area contributed by atoms with Gasteiger partial charge < -0.3 is 0 Å². The number of hydroxylamine groups is 1. The Morgan fingerprint density at radius 3 is 2.00 bits per heavy atom. The molecule has 0 atom stereocenters. The van der Waals surface area contributed by atoms with Crippen molar-refractivity contribution in [2.75, 3.05) is 13.2 Å². The van der Waals surface area contributed by atoms with E-state index >= 15 is 0 Å². The standard InChI is InChI=1S/C7H13F3NO4P/c1-4-14-16(13,15-5-2)11(12)6(3)7(8,9)10/h12H,3-5H2,1-2H3. The number of hydrogen-bond donors (Lipinski definition) is 1. The molecule has 9 heteroatoms. The maximum atomic E-state index is 12.2. The highest BCUT2D eigenvalue weighted by atomic mass is 31.2. The molecule has 0 spiro atoms. The summed E-state index contributed by atoms with van der Waals surface area (Å²) in [7, 11) is -4.39. The third-order valence-electron chi connectivity index (χ3n) is 1.39. The van der Waals surface area contributed by atoms with Crippen LogP contribution >= 0.6 is 7.75 Å². The summed E-state index contributed by atoms with van der Waals surface area (Å²) in [6.45, 7) is 5.01. The molecule has 0 aliphatic rings. The second-order valence-electron chi connectivity index (χ2n) is 2.54. The lowest BCUT2D eigenvalue weighted by Gasteiger charge is -2.27. The van der Waals surface area contributed by atoms with Gasteiger partial charge in [-0.05, 0) is 13.8 Å². The van der Waals surface area contributed by atoms with Crippen LogP contribution in [0.4, 0.5) is 13.2 Å². The van der Waals surface area contributed by atoms with Gasteiger partial charge >= 0.3 is 13.9 Å². The minimum Gasteiger partial charge on any atom is -0.291 e. The molecule has 0 aromatic heterocycles. The minimum atomic E-state index is -4.92. The van der Waals surface area contributed by atoms with E-state index in [2.05, 4.69) is 15.6 Å². The van der Waals surface area contributed by atoms with E-state index < -0.39 is 24.5 Å². The number of rotatable bonds is 6. The van der Waals surface area contributed by atoms with Crippen molar-refractivity contribution in [3.05, 3.63) is 12.3 Å². The van der Waals surface area contributed by atoms with Crippen LogP contribution in [0.1, 0.15) is 13.8 Å². The molecular formula is C7H13F3NO4P. The van der Waals surface area contributed by atoms with Gasteiger partial charge in [-0.1, -0.05) is 6.58 Å². The maximum absolute atomic E-state index is 12.2. The molecular weight excluding hydrogens is 250 g/mol. The topological polar surface area (TPSA) is 59.0 Å². The van der Waals surface area contributed by atoms with Gasteiger partial charge in [-0.3, -0.25) is 14.3 Å². The van der Waals surface area contributed by atoms with Crippen molar-refractivity contribution in [3.63, 3.8) is 0 Å². The Labute approximate surface area is 91.0 Å². The summed E-state index contributed by atoms with van der Waals surface area (Å²) < 4.78 is 57.2. The number of allylic oxidation sites excluding steroid dienone is 1. The summed E-state index contributed by atoms with van der Waals surface area (Å²) in [6, 6.07) is 0. The van der Waals surface area contributed by atoms with E-state index in [1.807, 2.05) is 0 Å². The molecule has 0 saturated heterocycles. The highest BCUT2D eigenvalue weighted by Crippen LogP contribution is 2.54. The fourth-order valence-corrected chi connectivity index (χ4v) is 2.09. The molecule has 0 aliphatic heterocycles. The van der Waals surface area contributed by atoms with Crippen molar-refractivity contribution < 1.29 is 32.0 Å². The zero-order valence-corrected chi connectivity index (χ0v) is 9.72. The Kier molecular flexibility index (Phi) is 5.48. The summed E-state index contributed by atoms with van der Waals surface area (Å²) in [5, 5.41) is 9.14. The molecule has 0 heterocycles. The third-order valence-corrected chi connectivity index (χ3v) is 3.26. The number of alkyl halides is 3. The molecule has 0 bridgehead atoms. The van der Waals surface area contributed by atoms with Gasteiger partial charge in [0.15, 0.2) is 0 Å². The normalized spacial score (nSPS) is 12.6. The average molecular weight is 263 g/mol. The summed E-state index contributed by atoms with van der Waals surface area (Å²) in [5.41, 5.74) is -1.71. The molecule has 96 valence electrons. The maximum Gasteiger partial charge on any atom is 0.458 e. The molecule has 0 radical (unpaired) electrons. The van der Waals surface area contributed by atoms with Gasteiger partial charge in [-0.2, -0.15) is 18.0 Å². The summed E-state index contributed by atoms with van der Waals surface area (Å²) >= 11 is 0. The van der Waals surface area contributed by atoms with Crippen LogP contribution in [0.2, 0.25) is 0 Å². The van der Waals surface area contributed by atoms with E-state index in [9.17, 15) is 17.7 Å². The van der Waals surface area contributed by atoms with Gasteiger partial charge in [0, 0.05) is 0 Å². The molecule has 0 saturated carbocycles. The lowest BCUT2D eigenvalue weighted by atomic mass is 10.5. The Bertz CT molecular complexity index is 284. The number of hydrogen-bond acceptors (Lipinski definition) is 4. The van der Waals surface area contributed by atoms with Crippen LogP contribution in [0.5, 0.6) is 0 Å². The van der Waals surface area contributed by atoms with E-state index in [1.54, 1.807) is 0 Å². The third kappa shape index (κ3) is 3.79. The van der Waals surface area contributed by atoms with Crippen LogP contribution < -0.4 is 0 Å². The molecule has 0 aromatic rings. The fourth-order valence-electron chi connectivity index (χ4n) is 0.734. The highest BCUT2D eigenvalue weighted by Gasteiger charge is 2.44. The second kappa shape index (κ2) is 5.67. The lowest BCUT2D eigenvalue weighted by Crippen LogP contribution is -2.27. The largest absolute Gasteiger partial charge is 0.458 e. The summed E-state index contributed by atoms with van der Waals surface area (Å²) in [6.07, 6.45) is -4.92. The molecule has 0 unspecified atom stereocenters. The van der Waals surface area contributed by atoms with Crippen molar-refractivity contribution in [3.8, 4) is 0 Å². The van der Waals surface area contributed by atoms with Crippen molar-refractivity contribution in [2.24, 2.45) is 0 Å². The van der Waals surface area contributed by atoms with Gasteiger partial charge in [0.1, 0.15) is 5.70 Å². The summed E-state index contributed by atoms with van der Waals surface area (Å²) in [5.74, 6) is 0. The quantitative estimate of drug-likeness (QED) is 0.589. The monoisotopic (exact) mass is 263 g/mol. The molecule has 16 heavy (non-hydrogen) atoms. The van der Waals surface area contributed by atoms with Crippen LogP contribution in [0.25, 0.3) is 0 Å². The van der Waals surface area contributed by atoms with Crippen LogP contribution in [0, 0.1) is 0 Å². The molecule has 0 aliphatic carbocycles. The Hall–Kier alpha value is -0.560. The highest BCUT2D eigenvalue weighted by molar-refractivity contribution is 7.51. The van der Waals surface area contributed by atoms with Crippen LogP contribution in [0.15, 0.2) is 12.3 Å². The van der Waals surface area contributed by atoms with E-state index in [0.29, 0.717) is 0 Å². The Morgan fingerprint density at radius 1 is 1.38 bits per heavy atom. The molecule has 0 amide bonds. The number of halogens is 3. The average Bonchev–Trinajstić information content (AvgIpc) is 2.14. The van der Waals surface area contributed by atoms with E-state index in [0.717, 1.165) is 0 Å². The van der Waals surface area contributed by atoms with Crippen molar-refractivity contribution in [1.29, 1.82) is 0 Å². The zero-order valence-electron chi connectivity index (χ0n) is 8.82. The minimum absolute atomic E-state index is 0.181. The van der Waals surface area contributed by atoms with Crippen molar-refractivity contribution >= 4 is 7.75 Å². The first-order valence-corrected chi connectivity index (χ1v) is 5.83. The second-order valence-corrected chi connectivity index (χ2v) is 4.37. The predicted octanol–water partition coefficient (Wildman–Crippen LogP) is 2.93. The Morgan fingerprint density at radius 2 is 1.75 bits per heavy atom. The van der Waals surface area contributed by atoms with Gasteiger partial charge in [-0.25, -0.2) is 4.57 Å². The first-order chi connectivity index (χ1) is 7.19. The molecule has 0 aromatic carbocycles. The van der Waals surface area contributed by atoms with Gasteiger partial charge in [0.2, 0.25) is 0 Å². The smallest absolute Gasteiger partial charge is 0.291 e. The fraction of sp³-hybridized carbons (Fsp3) is 0.714. The Balaban J connectivity index is 4.95. The summed E-state index contributed by atoms with van der Waals surface area (Å²) in [4.78, 5) is -0.597. The van der Waals surface area contributed by atoms with Crippen molar-refractivity contribution in [1.82, 2.24) is 4.83 Å². The van der Waals surface area contributed by atoms with Gasteiger partial charge in [0.05, 0.1) is 13.2 Å². The molecule has 0 fully saturated rings. The van der Waals surface area contributed by atoms with E-state index in [4.69, 9.17) is 5.21 Å². The van der Waals surface area contributed by atoms with Gasteiger partial charge in [-0.15, -0.1) is 0 Å². The van der Waals surface area contributed by atoms with Crippen LogP contribution in [-0.2, 0) is 13.6 Å².